The van der Waals surface area contributed by atoms with Crippen molar-refractivity contribution in [1.29, 1.82) is 0 Å². The van der Waals surface area contributed by atoms with Crippen molar-refractivity contribution in [2.45, 2.75) is 71.1 Å². The van der Waals surface area contributed by atoms with E-state index in [9.17, 15) is 4.79 Å². The minimum absolute atomic E-state index is 0.0451. The number of amides is 1. The predicted octanol–water partition coefficient (Wildman–Crippen LogP) is 4.87. The highest BCUT2D eigenvalue weighted by atomic mass is 16.6. The molecule has 1 unspecified atom stereocenters. The third kappa shape index (κ3) is 5.40. The molecule has 2 aliphatic rings. The molecule has 156 valence electrons. The molecule has 5 heteroatoms. The molecule has 0 spiro atoms. The van der Waals surface area contributed by atoms with Gasteiger partial charge in [0.2, 0.25) is 0 Å². The Morgan fingerprint density at radius 3 is 2.68 bits per heavy atom. The van der Waals surface area contributed by atoms with Crippen LogP contribution in [0.1, 0.15) is 65.0 Å². The fourth-order valence-corrected chi connectivity index (χ4v) is 4.22. The molecule has 3 rings (SSSR count). The first kappa shape index (κ1) is 21.0. The zero-order valence-corrected chi connectivity index (χ0v) is 18.1. The molecular formula is C23H36N2O3. The highest BCUT2D eigenvalue weighted by Crippen LogP contribution is 2.35. The fraction of sp³-hybridized carbons (Fsp3) is 0.696. The number of likely N-dealkylation sites (N-methyl/N-ethyl adjacent to an activating group) is 1. The summed E-state index contributed by atoms with van der Waals surface area (Å²) in [4.78, 5) is 17.1. The maximum Gasteiger partial charge on any atom is 0.410 e. The molecule has 0 radical (unpaired) electrons. The summed E-state index contributed by atoms with van der Waals surface area (Å²) in [5, 5.41) is 0. The van der Waals surface area contributed by atoms with Gasteiger partial charge in [0.1, 0.15) is 18.0 Å². The van der Waals surface area contributed by atoms with Crippen LogP contribution in [0.4, 0.5) is 4.79 Å². The van der Waals surface area contributed by atoms with E-state index in [1.807, 2.05) is 37.8 Å². The highest BCUT2D eigenvalue weighted by Gasteiger charge is 2.34. The van der Waals surface area contributed by atoms with E-state index in [1.54, 1.807) is 0 Å². The van der Waals surface area contributed by atoms with Gasteiger partial charge in [-0.1, -0.05) is 19.1 Å². The SMILES string of the molecule is C[C@H]1CC[C@H](c2cccc(OCC3CCCN3C)c2)N(C(=O)OC(C)(C)C)C1. The smallest absolute Gasteiger partial charge is 0.410 e. The summed E-state index contributed by atoms with van der Waals surface area (Å²) in [7, 11) is 2.17. The second kappa shape index (κ2) is 8.73. The summed E-state index contributed by atoms with van der Waals surface area (Å²) < 4.78 is 11.8. The molecule has 2 saturated heterocycles. The fourth-order valence-electron chi connectivity index (χ4n) is 4.22. The predicted molar refractivity (Wildman–Crippen MR) is 112 cm³/mol. The van der Waals surface area contributed by atoms with Crippen molar-refractivity contribution in [3.63, 3.8) is 0 Å². The Balaban J connectivity index is 1.71. The van der Waals surface area contributed by atoms with Gasteiger partial charge in [0.05, 0.1) is 6.04 Å². The van der Waals surface area contributed by atoms with Crippen molar-refractivity contribution in [2.24, 2.45) is 5.92 Å². The maximum absolute atomic E-state index is 12.8. The summed E-state index contributed by atoms with van der Waals surface area (Å²) >= 11 is 0. The number of benzene rings is 1. The van der Waals surface area contributed by atoms with Gasteiger partial charge in [-0.25, -0.2) is 4.79 Å². The standard InChI is InChI=1S/C23H36N2O3/c1-17-11-12-21(25(15-17)22(26)28-23(2,3)4)18-8-6-10-20(14-18)27-16-19-9-7-13-24(19)5/h6,8,10,14,17,19,21H,7,9,11-13,15-16H2,1-5H3/t17-,19?,21+/m0/s1. The Morgan fingerprint density at radius 1 is 1.21 bits per heavy atom. The first-order chi connectivity index (χ1) is 13.2. The lowest BCUT2D eigenvalue weighted by Gasteiger charge is -2.39. The zero-order chi connectivity index (χ0) is 20.3. The molecule has 0 bridgehead atoms. The molecular weight excluding hydrogens is 352 g/mol. The van der Waals surface area contributed by atoms with Crippen LogP contribution in [0.5, 0.6) is 5.75 Å². The minimum atomic E-state index is -0.486. The molecule has 0 aromatic heterocycles. The van der Waals surface area contributed by atoms with Crippen molar-refractivity contribution in [2.75, 3.05) is 26.7 Å². The van der Waals surface area contributed by atoms with E-state index in [1.165, 1.54) is 12.8 Å². The number of piperidine rings is 1. The van der Waals surface area contributed by atoms with Gasteiger partial charge >= 0.3 is 6.09 Å². The zero-order valence-electron chi connectivity index (χ0n) is 18.1. The Morgan fingerprint density at radius 2 is 2.00 bits per heavy atom. The van der Waals surface area contributed by atoms with Crippen molar-refractivity contribution >= 4 is 6.09 Å². The molecule has 0 saturated carbocycles. The molecule has 1 aromatic rings. The molecule has 2 fully saturated rings. The second-order valence-corrected chi connectivity index (χ2v) is 9.49. The van der Waals surface area contributed by atoms with Gasteiger partial charge in [0.15, 0.2) is 0 Å². The summed E-state index contributed by atoms with van der Waals surface area (Å²) in [6, 6.07) is 8.80. The Bertz CT molecular complexity index is 670. The van der Waals surface area contributed by atoms with Gasteiger partial charge < -0.3 is 19.3 Å². The number of carbonyl (C=O) groups is 1. The lowest BCUT2D eigenvalue weighted by Crippen LogP contribution is -2.44. The van der Waals surface area contributed by atoms with Crippen molar-refractivity contribution in [3.8, 4) is 5.75 Å². The summed E-state index contributed by atoms with van der Waals surface area (Å²) in [5.74, 6) is 1.38. The summed E-state index contributed by atoms with van der Waals surface area (Å²) in [6.45, 7) is 10.6. The van der Waals surface area contributed by atoms with E-state index in [4.69, 9.17) is 9.47 Å². The Labute approximate surface area is 170 Å². The second-order valence-electron chi connectivity index (χ2n) is 9.49. The van der Waals surface area contributed by atoms with Gasteiger partial charge in [-0.2, -0.15) is 0 Å². The molecule has 2 heterocycles. The van der Waals surface area contributed by atoms with E-state index < -0.39 is 5.60 Å². The third-order valence-corrected chi connectivity index (χ3v) is 5.80. The first-order valence-electron chi connectivity index (χ1n) is 10.7. The van der Waals surface area contributed by atoms with Crippen molar-refractivity contribution < 1.29 is 14.3 Å². The van der Waals surface area contributed by atoms with Crippen LogP contribution in [0.2, 0.25) is 0 Å². The summed E-state index contributed by atoms with van der Waals surface area (Å²) in [5.41, 5.74) is 0.649. The molecule has 2 aliphatic heterocycles. The largest absolute Gasteiger partial charge is 0.492 e. The number of nitrogens with zero attached hydrogens (tertiary/aromatic N) is 2. The normalized spacial score (nSPS) is 26.3. The highest BCUT2D eigenvalue weighted by molar-refractivity contribution is 5.69. The van der Waals surface area contributed by atoms with Gasteiger partial charge in [-0.15, -0.1) is 0 Å². The number of likely N-dealkylation sites (tertiary alicyclic amines) is 2. The number of ether oxygens (including phenoxy) is 2. The van der Waals surface area contributed by atoms with Crippen LogP contribution in [-0.4, -0.2) is 54.3 Å². The van der Waals surface area contributed by atoms with Crippen LogP contribution in [0, 0.1) is 5.92 Å². The number of rotatable bonds is 4. The molecule has 1 amide bonds. The molecule has 0 aliphatic carbocycles. The van der Waals surface area contributed by atoms with Crippen molar-refractivity contribution in [3.05, 3.63) is 29.8 Å². The molecule has 0 N–H and O–H groups in total. The van der Waals surface area contributed by atoms with E-state index in [-0.39, 0.29) is 12.1 Å². The lowest BCUT2D eigenvalue weighted by atomic mass is 9.90. The Hall–Kier alpha value is -1.75. The number of carbonyl (C=O) groups excluding carboxylic acids is 1. The van der Waals surface area contributed by atoms with E-state index in [0.717, 1.165) is 43.9 Å². The molecule has 5 nitrogen and oxygen atoms in total. The number of hydrogen-bond acceptors (Lipinski definition) is 4. The monoisotopic (exact) mass is 388 g/mol. The Kier molecular flexibility index (Phi) is 6.54. The van der Waals surface area contributed by atoms with Gasteiger partial charge in [0, 0.05) is 12.6 Å². The molecule has 3 atom stereocenters. The van der Waals surface area contributed by atoms with E-state index in [0.29, 0.717) is 12.0 Å². The van der Waals surface area contributed by atoms with E-state index >= 15 is 0 Å². The maximum atomic E-state index is 12.8. The third-order valence-electron chi connectivity index (χ3n) is 5.80. The van der Waals surface area contributed by atoms with Crippen LogP contribution in [0.25, 0.3) is 0 Å². The van der Waals surface area contributed by atoms with Gasteiger partial charge in [-0.3, -0.25) is 0 Å². The molecule has 28 heavy (non-hydrogen) atoms. The van der Waals surface area contributed by atoms with Crippen molar-refractivity contribution in [1.82, 2.24) is 9.80 Å². The summed E-state index contributed by atoms with van der Waals surface area (Å²) in [6.07, 6.45) is 4.29. The minimum Gasteiger partial charge on any atom is -0.492 e. The first-order valence-corrected chi connectivity index (χ1v) is 10.7. The van der Waals surface area contributed by atoms with Gasteiger partial charge in [-0.05, 0) is 83.7 Å². The average Bonchev–Trinajstić information content (AvgIpc) is 3.03. The number of hydrogen-bond donors (Lipinski definition) is 0. The van der Waals surface area contributed by atoms with Crippen LogP contribution in [0.3, 0.4) is 0 Å². The van der Waals surface area contributed by atoms with Crippen LogP contribution in [-0.2, 0) is 4.74 Å². The topological polar surface area (TPSA) is 42.0 Å². The lowest BCUT2D eigenvalue weighted by molar-refractivity contribution is 0.00359. The van der Waals surface area contributed by atoms with Crippen LogP contribution in [0.15, 0.2) is 24.3 Å². The van der Waals surface area contributed by atoms with Gasteiger partial charge in [0.25, 0.3) is 0 Å². The average molecular weight is 389 g/mol. The van der Waals surface area contributed by atoms with E-state index in [2.05, 4.69) is 31.0 Å². The quantitative estimate of drug-likeness (QED) is 0.738. The molecule has 1 aromatic carbocycles. The van der Waals surface area contributed by atoms with Crippen LogP contribution >= 0.6 is 0 Å². The van der Waals surface area contributed by atoms with Crippen LogP contribution < -0.4 is 4.74 Å².